The van der Waals surface area contributed by atoms with Crippen LogP contribution in [0, 0.1) is 5.41 Å². The van der Waals surface area contributed by atoms with Gasteiger partial charge < -0.3 is 9.88 Å². The highest BCUT2D eigenvalue weighted by atomic mass is 79.9. The first-order chi connectivity index (χ1) is 15.4. The molecule has 6 rings (SSSR count). The van der Waals surface area contributed by atoms with Crippen molar-refractivity contribution in [2.24, 2.45) is 5.41 Å². The van der Waals surface area contributed by atoms with Crippen molar-refractivity contribution in [2.75, 3.05) is 5.32 Å². The molecule has 32 heavy (non-hydrogen) atoms. The number of carbonyl (C=O) groups is 1. The summed E-state index contributed by atoms with van der Waals surface area (Å²) in [5.74, 6) is -3.42. The van der Waals surface area contributed by atoms with Crippen molar-refractivity contribution in [1.29, 1.82) is 0 Å². The first kappa shape index (κ1) is 20.1. The van der Waals surface area contributed by atoms with E-state index in [9.17, 15) is 13.6 Å². The number of amides is 1. The van der Waals surface area contributed by atoms with Crippen LogP contribution in [0.1, 0.15) is 60.3 Å². The Hall–Kier alpha value is -2.54. The molecule has 0 radical (unpaired) electrons. The van der Waals surface area contributed by atoms with E-state index in [0.717, 1.165) is 22.9 Å². The van der Waals surface area contributed by atoms with Crippen molar-refractivity contribution < 1.29 is 13.6 Å². The quantitative estimate of drug-likeness (QED) is 0.427. The summed E-state index contributed by atoms with van der Waals surface area (Å²) >= 11 is 3.54. The normalized spacial score (nSPS) is 20.3. The zero-order chi connectivity index (χ0) is 22.1. The Morgan fingerprint density at radius 1 is 1.12 bits per heavy atom. The van der Waals surface area contributed by atoms with Gasteiger partial charge in [0.15, 0.2) is 5.82 Å². The summed E-state index contributed by atoms with van der Waals surface area (Å²) in [6, 6.07) is 10.9. The van der Waals surface area contributed by atoms with E-state index in [1.807, 2.05) is 18.2 Å². The minimum absolute atomic E-state index is 0.222. The highest BCUT2D eigenvalue weighted by Gasteiger charge is 2.44. The van der Waals surface area contributed by atoms with Crippen molar-refractivity contribution in [3.63, 3.8) is 0 Å². The number of anilines is 1. The summed E-state index contributed by atoms with van der Waals surface area (Å²) in [4.78, 5) is 17.6. The molecule has 3 aliphatic rings. The van der Waals surface area contributed by atoms with Gasteiger partial charge in [-0.2, -0.15) is 8.78 Å². The largest absolute Gasteiger partial charge is 0.323 e. The number of halogens is 3. The molecule has 164 valence electrons. The number of hydrogen-bond acceptors (Lipinski definition) is 2. The van der Waals surface area contributed by atoms with Crippen molar-refractivity contribution in [3.8, 4) is 0 Å². The number of rotatable bonds is 3. The van der Waals surface area contributed by atoms with Gasteiger partial charge >= 0.3 is 5.92 Å². The number of aromatic nitrogens is 2. The van der Waals surface area contributed by atoms with Gasteiger partial charge in [0, 0.05) is 23.0 Å². The molecule has 1 N–H and O–H groups in total. The van der Waals surface area contributed by atoms with Crippen LogP contribution in [0.3, 0.4) is 0 Å². The van der Waals surface area contributed by atoms with Gasteiger partial charge in [-0.05, 0) is 79.0 Å². The maximum Gasteiger partial charge on any atom is 0.306 e. The third-order valence-electron chi connectivity index (χ3n) is 7.24. The monoisotopic (exact) mass is 497 g/mol. The Kier molecular flexibility index (Phi) is 4.38. The van der Waals surface area contributed by atoms with Gasteiger partial charge in [-0.25, -0.2) is 4.98 Å². The summed E-state index contributed by atoms with van der Waals surface area (Å²) in [5.41, 5.74) is 4.70. The number of nitrogens with zero attached hydrogens (tertiary/aromatic N) is 2. The standard InChI is InChI=1S/C25H22BrF2N3O/c26-16-4-5-17(18(14-16)15-6-8-24(9-7-15)10-11-24)22(32)29-19-2-1-3-20-21(19)30-23-25(27,28)12-13-31(20)23/h1-6,14H,7-13H2,(H,29,32). The number of carbonyl (C=O) groups excluding carboxylic acids is 1. The molecule has 4 nitrogen and oxygen atoms in total. The maximum atomic E-state index is 14.2. The number of allylic oxidation sites excluding steroid dienone is 2. The molecule has 2 heterocycles. The van der Waals surface area contributed by atoms with Crippen LogP contribution < -0.4 is 5.32 Å². The molecular weight excluding hydrogens is 476 g/mol. The zero-order valence-electron chi connectivity index (χ0n) is 17.4. The average molecular weight is 498 g/mol. The van der Waals surface area contributed by atoms with Gasteiger partial charge in [-0.15, -0.1) is 0 Å². The van der Waals surface area contributed by atoms with Crippen molar-refractivity contribution in [3.05, 3.63) is 63.9 Å². The fourth-order valence-electron chi connectivity index (χ4n) is 5.11. The second kappa shape index (κ2) is 6.98. The molecule has 1 saturated carbocycles. The van der Waals surface area contributed by atoms with Crippen LogP contribution in [0.15, 0.2) is 46.9 Å². The lowest BCUT2D eigenvalue weighted by Gasteiger charge is -2.23. The Bertz CT molecular complexity index is 1310. The van der Waals surface area contributed by atoms with Crippen molar-refractivity contribution in [1.82, 2.24) is 9.55 Å². The molecule has 0 bridgehead atoms. The zero-order valence-corrected chi connectivity index (χ0v) is 19.0. The lowest BCUT2D eigenvalue weighted by atomic mass is 9.83. The molecule has 1 aromatic heterocycles. The summed E-state index contributed by atoms with van der Waals surface area (Å²) in [7, 11) is 0. The van der Waals surface area contributed by atoms with Gasteiger partial charge in [-0.1, -0.05) is 28.1 Å². The van der Waals surface area contributed by atoms with E-state index >= 15 is 0 Å². The van der Waals surface area contributed by atoms with Gasteiger partial charge in [0.1, 0.15) is 5.52 Å². The van der Waals surface area contributed by atoms with Crippen LogP contribution in [0.25, 0.3) is 16.6 Å². The summed E-state index contributed by atoms with van der Waals surface area (Å²) in [6.07, 6.45) is 7.87. The average Bonchev–Trinajstić information content (AvgIpc) is 3.29. The summed E-state index contributed by atoms with van der Waals surface area (Å²) in [5, 5.41) is 2.94. The molecule has 0 atom stereocenters. The summed E-state index contributed by atoms with van der Waals surface area (Å²) in [6.45, 7) is 0.225. The minimum atomic E-state index is -2.94. The molecule has 1 spiro atoms. The number of aryl methyl sites for hydroxylation is 1. The van der Waals surface area contributed by atoms with E-state index in [1.54, 1.807) is 22.8 Å². The van der Waals surface area contributed by atoms with E-state index in [1.165, 1.54) is 24.8 Å². The number of nitrogens with one attached hydrogen (secondary N) is 1. The van der Waals surface area contributed by atoms with Crippen molar-refractivity contribution >= 4 is 44.1 Å². The SMILES string of the molecule is O=C(Nc1cccc2c1nc1n2CCC1(F)F)c1ccc(Br)cc1C1=CCC2(CC1)CC2. The van der Waals surface area contributed by atoms with Crippen LogP contribution in [0.2, 0.25) is 0 Å². The molecule has 0 saturated heterocycles. The predicted molar refractivity (Wildman–Crippen MR) is 124 cm³/mol. The third kappa shape index (κ3) is 3.20. The van der Waals surface area contributed by atoms with Crippen LogP contribution in [0.4, 0.5) is 14.5 Å². The number of alkyl halides is 2. The number of hydrogen-bond donors (Lipinski definition) is 1. The lowest BCUT2D eigenvalue weighted by molar-refractivity contribution is -0.00604. The Labute approximate surface area is 192 Å². The highest BCUT2D eigenvalue weighted by Crippen LogP contribution is 2.56. The Morgan fingerprint density at radius 2 is 1.97 bits per heavy atom. The van der Waals surface area contributed by atoms with Gasteiger partial charge in [0.2, 0.25) is 0 Å². The van der Waals surface area contributed by atoms with Gasteiger partial charge in [0.05, 0.1) is 11.2 Å². The molecule has 2 aromatic carbocycles. The van der Waals surface area contributed by atoms with E-state index in [4.69, 9.17) is 0 Å². The fraction of sp³-hybridized carbons (Fsp3) is 0.360. The van der Waals surface area contributed by atoms with E-state index in [2.05, 4.69) is 32.3 Å². The molecule has 7 heteroatoms. The molecule has 1 amide bonds. The topological polar surface area (TPSA) is 46.9 Å². The van der Waals surface area contributed by atoms with E-state index in [-0.39, 0.29) is 24.7 Å². The molecule has 2 aliphatic carbocycles. The molecular formula is C25H22BrF2N3O. The summed E-state index contributed by atoms with van der Waals surface area (Å²) < 4.78 is 30.9. The van der Waals surface area contributed by atoms with E-state index < -0.39 is 5.92 Å². The third-order valence-corrected chi connectivity index (χ3v) is 7.73. The van der Waals surface area contributed by atoms with Crippen LogP contribution in [-0.2, 0) is 12.5 Å². The second-order valence-corrected chi connectivity index (χ2v) is 10.2. The van der Waals surface area contributed by atoms with E-state index in [0.29, 0.717) is 27.7 Å². The molecule has 0 unspecified atom stereocenters. The molecule has 1 fully saturated rings. The second-order valence-electron chi connectivity index (χ2n) is 9.29. The Balaban J connectivity index is 1.35. The first-order valence-electron chi connectivity index (χ1n) is 11.0. The van der Waals surface area contributed by atoms with Crippen LogP contribution in [-0.4, -0.2) is 15.5 Å². The molecule has 3 aromatic rings. The number of imidazole rings is 1. The lowest BCUT2D eigenvalue weighted by Crippen LogP contribution is -2.16. The number of fused-ring (bicyclic) bond motifs is 3. The van der Waals surface area contributed by atoms with Gasteiger partial charge in [-0.3, -0.25) is 4.79 Å². The van der Waals surface area contributed by atoms with Crippen molar-refractivity contribution in [2.45, 2.75) is 51.0 Å². The van der Waals surface area contributed by atoms with Crippen LogP contribution in [0.5, 0.6) is 0 Å². The maximum absolute atomic E-state index is 14.2. The van der Waals surface area contributed by atoms with Crippen LogP contribution >= 0.6 is 15.9 Å². The first-order valence-corrected chi connectivity index (χ1v) is 11.8. The Morgan fingerprint density at radius 3 is 2.72 bits per heavy atom. The highest BCUT2D eigenvalue weighted by molar-refractivity contribution is 9.10. The minimum Gasteiger partial charge on any atom is -0.323 e. The van der Waals surface area contributed by atoms with Gasteiger partial charge in [0.25, 0.3) is 5.91 Å². The molecule has 1 aliphatic heterocycles. The number of benzene rings is 2. The predicted octanol–water partition coefficient (Wildman–Crippen LogP) is 6.89. The smallest absolute Gasteiger partial charge is 0.306 e. The number of para-hydroxylation sites is 1. The fourth-order valence-corrected chi connectivity index (χ4v) is 5.47.